The van der Waals surface area contributed by atoms with Crippen LogP contribution in [0.25, 0.3) is 0 Å². The summed E-state index contributed by atoms with van der Waals surface area (Å²) in [4.78, 5) is 0. The van der Waals surface area contributed by atoms with Gasteiger partial charge in [-0.1, -0.05) is 0 Å². The van der Waals surface area contributed by atoms with Crippen LogP contribution >= 0.6 is 0 Å². The molecule has 0 aliphatic carbocycles. The maximum Gasteiger partial charge on any atom is 0.189 e. The van der Waals surface area contributed by atoms with Crippen LogP contribution in [0.15, 0.2) is 0 Å². The zero-order valence-corrected chi connectivity index (χ0v) is 10.4. The van der Waals surface area contributed by atoms with Gasteiger partial charge in [-0.2, -0.15) is 0 Å². The Labute approximate surface area is 72.2 Å². The minimum Gasteiger partial charge on any atom is -0.390 e. The van der Waals surface area contributed by atoms with Crippen LogP contribution in [0, 0.1) is 6.79 Å². The van der Waals surface area contributed by atoms with Gasteiger partial charge in [0.1, 0.15) is 0 Å². The monoisotopic (exact) mass is 191 g/mol. The van der Waals surface area contributed by atoms with E-state index in [2.05, 4.69) is 39.3 Å². The van der Waals surface area contributed by atoms with Gasteiger partial charge in [-0.05, 0) is 39.3 Å². The Balaban J connectivity index is 3.44. The molecule has 0 bridgehead atoms. The van der Waals surface area contributed by atoms with Gasteiger partial charge in [0.2, 0.25) is 0 Å². The van der Waals surface area contributed by atoms with Crippen molar-refractivity contribution >= 4 is 16.6 Å². The highest BCUT2D eigenvalue weighted by molar-refractivity contribution is 6.70. The molecule has 0 aromatic rings. The van der Waals surface area contributed by atoms with E-state index in [0.29, 0.717) is 0 Å². The molecule has 0 atom stereocenters. The molecule has 0 unspecified atom stereocenters. The third-order valence-corrected chi connectivity index (χ3v) is 2.41. The summed E-state index contributed by atoms with van der Waals surface area (Å²) in [5.74, 6) is 0. The second kappa shape index (κ2) is 3.84. The molecule has 0 aliphatic rings. The summed E-state index contributed by atoms with van der Waals surface area (Å²) in [5, 5.41) is 0. The first-order valence-electron chi connectivity index (χ1n) is 3.88. The first kappa shape index (κ1) is 11.4. The van der Waals surface area contributed by atoms with Crippen LogP contribution in [0.5, 0.6) is 0 Å². The lowest BCUT2D eigenvalue weighted by molar-refractivity contribution is 0.200. The van der Waals surface area contributed by atoms with Gasteiger partial charge < -0.3 is 8.85 Å². The lowest BCUT2D eigenvalue weighted by Gasteiger charge is -2.21. The highest BCUT2D eigenvalue weighted by Gasteiger charge is 2.18. The molecule has 0 N–H and O–H groups in total. The van der Waals surface area contributed by atoms with Crippen molar-refractivity contribution in [3.63, 3.8) is 0 Å². The average molecular weight is 191 g/mol. The minimum absolute atomic E-state index is 1.42. The van der Waals surface area contributed by atoms with Crippen LogP contribution in [-0.2, 0) is 8.85 Å². The molecule has 0 spiro atoms. The van der Waals surface area contributed by atoms with E-state index in [1.54, 1.807) is 6.79 Å². The van der Waals surface area contributed by atoms with Gasteiger partial charge in [-0.15, -0.1) is 0 Å². The standard InChI is InChI=1S/C7H19O2Si2/c1-10(2,3)8-7-9-11(4,5)6/h7H,1-6H3. The van der Waals surface area contributed by atoms with E-state index in [9.17, 15) is 0 Å². The van der Waals surface area contributed by atoms with Crippen LogP contribution in [0.3, 0.4) is 0 Å². The Morgan fingerprint density at radius 3 is 1.18 bits per heavy atom. The van der Waals surface area contributed by atoms with Crippen molar-refractivity contribution in [2.75, 3.05) is 0 Å². The molecule has 0 saturated heterocycles. The summed E-state index contributed by atoms with van der Waals surface area (Å²) < 4.78 is 10.9. The highest BCUT2D eigenvalue weighted by atomic mass is 28.4. The number of hydrogen-bond donors (Lipinski definition) is 0. The quantitative estimate of drug-likeness (QED) is 0.636. The van der Waals surface area contributed by atoms with Crippen molar-refractivity contribution < 1.29 is 8.85 Å². The average Bonchev–Trinajstić information content (AvgIpc) is 1.55. The van der Waals surface area contributed by atoms with Crippen LogP contribution in [-0.4, -0.2) is 16.6 Å². The molecule has 0 rings (SSSR count). The predicted molar refractivity (Wildman–Crippen MR) is 53.2 cm³/mol. The molecule has 4 heteroatoms. The molecule has 0 fully saturated rings. The van der Waals surface area contributed by atoms with Crippen molar-refractivity contribution in [3.05, 3.63) is 6.79 Å². The number of rotatable bonds is 4. The second-order valence-corrected chi connectivity index (χ2v) is 13.5. The van der Waals surface area contributed by atoms with Crippen LogP contribution in [0.2, 0.25) is 39.3 Å². The van der Waals surface area contributed by atoms with E-state index in [0.717, 1.165) is 0 Å². The van der Waals surface area contributed by atoms with Gasteiger partial charge >= 0.3 is 0 Å². The third kappa shape index (κ3) is 10.4. The van der Waals surface area contributed by atoms with E-state index < -0.39 is 16.6 Å². The second-order valence-electron chi connectivity index (χ2n) is 4.56. The van der Waals surface area contributed by atoms with Gasteiger partial charge in [0.05, 0.1) is 0 Å². The van der Waals surface area contributed by atoms with Gasteiger partial charge in [0.25, 0.3) is 0 Å². The Hall–Kier alpha value is 0.354. The minimum atomic E-state index is -1.42. The molecule has 0 amide bonds. The Morgan fingerprint density at radius 2 is 1.00 bits per heavy atom. The normalized spacial score (nSPS) is 13.6. The van der Waals surface area contributed by atoms with Crippen LogP contribution in [0.4, 0.5) is 0 Å². The summed E-state index contributed by atoms with van der Waals surface area (Å²) >= 11 is 0. The van der Waals surface area contributed by atoms with Crippen LogP contribution < -0.4 is 0 Å². The summed E-state index contributed by atoms with van der Waals surface area (Å²) in [7, 11) is -2.83. The molecule has 0 heterocycles. The Morgan fingerprint density at radius 1 is 0.727 bits per heavy atom. The molecule has 0 aromatic heterocycles. The zero-order valence-electron chi connectivity index (χ0n) is 8.39. The van der Waals surface area contributed by atoms with Gasteiger partial charge in [0.15, 0.2) is 23.4 Å². The molecule has 1 radical (unpaired) electrons. The fraction of sp³-hybridized carbons (Fsp3) is 0.857. The summed E-state index contributed by atoms with van der Waals surface area (Å²) in [6.07, 6.45) is 0. The lowest BCUT2D eigenvalue weighted by Crippen LogP contribution is -2.29. The van der Waals surface area contributed by atoms with E-state index in [1.165, 1.54) is 0 Å². The molecular weight excluding hydrogens is 172 g/mol. The SMILES string of the molecule is C[Si](C)(C)O[CH]O[Si](C)(C)C. The van der Waals surface area contributed by atoms with Crippen molar-refractivity contribution in [2.24, 2.45) is 0 Å². The predicted octanol–water partition coefficient (Wildman–Crippen LogP) is 2.81. The molecule has 0 saturated carbocycles. The van der Waals surface area contributed by atoms with Crippen molar-refractivity contribution in [2.45, 2.75) is 39.3 Å². The summed E-state index contributed by atoms with van der Waals surface area (Å²) in [5.41, 5.74) is 0. The largest absolute Gasteiger partial charge is 0.390 e. The van der Waals surface area contributed by atoms with E-state index in [1.807, 2.05) is 0 Å². The fourth-order valence-corrected chi connectivity index (χ4v) is 1.08. The zero-order chi connectivity index (χ0) is 9.12. The molecular formula is C7H19O2Si2. The summed E-state index contributed by atoms with van der Waals surface area (Å²) in [6.45, 7) is 14.4. The maximum absolute atomic E-state index is 5.43. The molecule has 0 aromatic carbocycles. The van der Waals surface area contributed by atoms with Gasteiger partial charge in [0, 0.05) is 0 Å². The fourth-order valence-electron chi connectivity index (χ4n) is 0.313. The van der Waals surface area contributed by atoms with Crippen molar-refractivity contribution in [1.82, 2.24) is 0 Å². The first-order chi connectivity index (χ1) is 4.71. The molecule has 2 nitrogen and oxygen atoms in total. The number of hydrogen-bond acceptors (Lipinski definition) is 2. The van der Waals surface area contributed by atoms with E-state index in [4.69, 9.17) is 8.85 Å². The van der Waals surface area contributed by atoms with Gasteiger partial charge in [-0.25, -0.2) is 0 Å². The lowest BCUT2D eigenvalue weighted by atomic mass is 11.6. The summed E-state index contributed by atoms with van der Waals surface area (Å²) in [6, 6.07) is 0. The van der Waals surface area contributed by atoms with Gasteiger partial charge in [-0.3, -0.25) is 0 Å². The smallest absolute Gasteiger partial charge is 0.189 e. The Bertz CT molecular complexity index is 98.6. The topological polar surface area (TPSA) is 18.5 Å². The van der Waals surface area contributed by atoms with Crippen molar-refractivity contribution in [3.8, 4) is 0 Å². The van der Waals surface area contributed by atoms with E-state index in [-0.39, 0.29) is 0 Å². The van der Waals surface area contributed by atoms with E-state index >= 15 is 0 Å². The Kier molecular flexibility index (Phi) is 3.97. The first-order valence-corrected chi connectivity index (χ1v) is 10.7. The maximum atomic E-state index is 5.43. The van der Waals surface area contributed by atoms with Crippen molar-refractivity contribution in [1.29, 1.82) is 0 Å². The molecule has 67 valence electrons. The highest BCUT2D eigenvalue weighted by Crippen LogP contribution is 2.09. The van der Waals surface area contributed by atoms with Crippen LogP contribution in [0.1, 0.15) is 0 Å². The molecule has 0 aliphatic heterocycles. The molecule has 11 heavy (non-hydrogen) atoms. The third-order valence-electron chi connectivity index (χ3n) is 0.803.